The zero-order valence-corrected chi connectivity index (χ0v) is 35.7. The summed E-state index contributed by atoms with van der Waals surface area (Å²) in [7, 11) is 1.41. The van der Waals surface area contributed by atoms with Crippen LogP contribution >= 0.6 is 0 Å². The Morgan fingerprint density at radius 2 is 1.52 bits per heavy atom. The number of likely N-dealkylation sites (N-methyl/N-ethyl adjacent to an activating group) is 1. The third-order valence-electron chi connectivity index (χ3n) is 10.2. The first-order valence-corrected chi connectivity index (χ1v) is 20.5. The normalized spacial score (nSPS) is 16.1. The lowest BCUT2D eigenvalue weighted by molar-refractivity contribution is -0.139. The van der Waals surface area contributed by atoms with Gasteiger partial charge in [-0.05, 0) is 68.1 Å². The van der Waals surface area contributed by atoms with Crippen molar-refractivity contribution in [1.29, 1.82) is 5.26 Å². The van der Waals surface area contributed by atoms with Crippen LogP contribution in [0.4, 0.5) is 0 Å². The highest BCUT2D eigenvalue weighted by Crippen LogP contribution is 2.40. The van der Waals surface area contributed by atoms with Crippen LogP contribution in [0.15, 0.2) is 60.7 Å². The predicted octanol–water partition coefficient (Wildman–Crippen LogP) is 2.17. The van der Waals surface area contributed by atoms with Gasteiger partial charge in [-0.25, -0.2) is 9.97 Å². The minimum absolute atomic E-state index is 0.0142. The van der Waals surface area contributed by atoms with E-state index in [1.807, 2.05) is 30.3 Å². The van der Waals surface area contributed by atoms with Gasteiger partial charge in [0.15, 0.2) is 5.82 Å². The summed E-state index contributed by atoms with van der Waals surface area (Å²) in [6, 6.07) is 16.3. The van der Waals surface area contributed by atoms with Crippen LogP contribution < -0.4 is 42.2 Å². The van der Waals surface area contributed by atoms with E-state index < -0.39 is 54.2 Å². The molecule has 0 aliphatic carbocycles. The number of rotatable bonds is 15. The molecule has 8 N–H and O–H groups in total. The number of benzene rings is 3. The van der Waals surface area contributed by atoms with Gasteiger partial charge in [0.25, 0.3) is 5.91 Å². The molecule has 0 saturated heterocycles. The molecular weight excluding hydrogens is 793 g/mol. The van der Waals surface area contributed by atoms with Gasteiger partial charge in [-0.1, -0.05) is 49.7 Å². The number of nitrogens with one attached hydrogen (secondary N) is 4. The second kappa shape index (κ2) is 21.6. The molecular formula is C45H54N10O7. The van der Waals surface area contributed by atoms with Crippen molar-refractivity contribution in [1.82, 2.24) is 36.1 Å². The van der Waals surface area contributed by atoms with Crippen molar-refractivity contribution in [3.05, 3.63) is 94.3 Å². The summed E-state index contributed by atoms with van der Waals surface area (Å²) in [6.45, 7) is 6.88. The predicted molar refractivity (Wildman–Crippen MR) is 232 cm³/mol. The van der Waals surface area contributed by atoms with Crippen molar-refractivity contribution in [2.45, 2.75) is 65.1 Å². The maximum atomic E-state index is 14.3. The Balaban J connectivity index is 1.51. The summed E-state index contributed by atoms with van der Waals surface area (Å²) in [4.78, 5) is 79.2. The number of hydrogen-bond acceptors (Lipinski definition) is 12. The lowest BCUT2D eigenvalue weighted by atomic mass is 9.93. The fourth-order valence-corrected chi connectivity index (χ4v) is 7.13. The topological polar surface area (TPSA) is 257 Å². The molecule has 17 heteroatoms. The molecule has 0 radical (unpaired) electrons. The quantitative estimate of drug-likeness (QED) is 0.0942. The molecule has 4 aromatic rings. The third kappa shape index (κ3) is 11.3. The molecule has 0 saturated carbocycles. The van der Waals surface area contributed by atoms with E-state index in [0.29, 0.717) is 51.0 Å². The van der Waals surface area contributed by atoms with Gasteiger partial charge in [0.1, 0.15) is 49.4 Å². The Hall–Kier alpha value is -6.90. The van der Waals surface area contributed by atoms with Gasteiger partial charge in [0.2, 0.25) is 23.6 Å². The minimum atomic E-state index is -1.35. The van der Waals surface area contributed by atoms with Gasteiger partial charge in [-0.3, -0.25) is 24.0 Å². The Morgan fingerprint density at radius 3 is 2.13 bits per heavy atom. The molecule has 17 nitrogen and oxygen atoms in total. The molecule has 2 heterocycles. The van der Waals surface area contributed by atoms with Crippen LogP contribution in [0.5, 0.6) is 11.5 Å². The van der Waals surface area contributed by atoms with E-state index in [4.69, 9.17) is 26.2 Å². The molecule has 5 amide bonds. The summed E-state index contributed by atoms with van der Waals surface area (Å²) in [5.41, 5.74) is 16.6. The van der Waals surface area contributed by atoms with Crippen molar-refractivity contribution in [3.63, 3.8) is 0 Å². The molecule has 4 bridgehead atoms. The van der Waals surface area contributed by atoms with Crippen molar-refractivity contribution < 1.29 is 33.4 Å². The largest absolute Gasteiger partial charge is 0.492 e. The van der Waals surface area contributed by atoms with Gasteiger partial charge in [-0.15, -0.1) is 0 Å². The molecule has 62 heavy (non-hydrogen) atoms. The van der Waals surface area contributed by atoms with Crippen LogP contribution in [-0.4, -0.2) is 103 Å². The first-order chi connectivity index (χ1) is 29.8. The van der Waals surface area contributed by atoms with Crippen LogP contribution in [0.3, 0.4) is 0 Å². The maximum Gasteiger partial charge on any atom is 0.255 e. The highest BCUT2D eigenvalue weighted by molar-refractivity contribution is 5.99. The molecule has 0 fully saturated rings. The number of hydrogen-bond donors (Lipinski definition) is 6. The SMILES string of the molecule is CCCc1ccc(-c2nc(C)c(C(=O)NCC(=O)N(C)C3C(=O)N[C@@H](C)C(=O)NC(C(=O)NCC#N)Cc4ccc(OCCN)c(c4)-c4cc3ccc4OCCN)c(C)n2)cc1. The number of nitrogens with two attached hydrogens (primary N) is 2. The van der Waals surface area contributed by atoms with Crippen molar-refractivity contribution in [2.24, 2.45) is 11.5 Å². The van der Waals surface area contributed by atoms with Crippen LogP contribution in [-0.2, 0) is 32.0 Å². The standard InChI is InChI=1S/C45H54N10O7/c1-6-7-29-8-11-31(12-9-29)41-51-26(2)39(27(3)52-41)44(59)50-25-38(56)55(5)40-32-13-15-37(62-21-18-48)34(24-32)33-22-30(10-14-36(33)61-20-17-47)23-35(43(58)49-19-16-46)54-42(57)28(4)53-45(40)60/h8-15,22,24,28,35,40H,6-7,17-21,23,25,47-48H2,1-5H3,(H,49,58)(H,50,59)(H,53,60)(H,54,57)/t28-,35?,40?/m0/s1. The Labute approximate surface area is 360 Å². The van der Waals surface area contributed by atoms with Crippen LogP contribution in [0, 0.1) is 25.2 Å². The molecule has 0 spiro atoms. The van der Waals surface area contributed by atoms with Gasteiger partial charge in [0.05, 0.1) is 29.6 Å². The summed E-state index contributed by atoms with van der Waals surface area (Å²) in [5.74, 6) is -1.97. The fourth-order valence-electron chi connectivity index (χ4n) is 7.13. The second-order valence-electron chi connectivity index (χ2n) is 14.9. The second-order valence-corrected chi connectivity index (χ2v) is 14.9. The third-order valence-corrected chi connectivity index (χ3v) is 10.2. The zero-order valence-electron chi connectivity index (χ0n) is 35.7. The van der Waals surface area contributed by atoms with Crippen LogP contribution in [0.1, 0.15) is 64.7 Å². The number of ether oxygens (including phenoxy) is 2. The van der Waals surface area contributed by atoms with Crippen molar-refractivity contribution in [3.8, 4) is 40.1 Å². The van der Waals surface area contributed by atoms with Gasteiger partial charge in [0, 0.05) is 43.2 Å². The van der Waals surface area contributed by atoms with E-state index in [9.17, 15) is 24.0 Å². The molecule has 3 atom stereocenters. The molecule has 2 unspecified atom stereocenters. The molecule has 3 aromatic carbocycles. The van der Waals surface area contributed by atoms with E-state index in [1.54, 1.807) is 50.2 Å². The fraction of sp³-hybridized carbons (Fsp3) is 0.378. The number of fused-ring (bicyclic) bond motifs is 5. The zero-order chi connectivity index (χ0) is 44.9. The number of nitriles is 1. The Kier molecular flexibility index (Phi) is 16.1. The number of aryl methyl sites for hydroxylation is 3. The number of aromatic nitrogens is 2. The van der Waals surface area contributed by atoms with Gasteiger partial charge >= 0.3 is 0 Å². The van der Waals surface area contributed by atoms with Gasteiger partial charge < -0.3 is 47.1 Å². The summed E-state index contributed by atoms with van der Waals surface area (Å²) in [6.07, 6.45) is 2.00. The number of amides is 5. The van der Waals surface area contributed by atoms with E-state index >= 15 is 0 Å². The molecule has 326 valence electrons. The summed E-state index contributed by atoms with van der Waals surface area (Å²) < 4.78 is 12.1. The highest BCUT2D eigenvalue weighted by atomic mass is 16.5. The van der Waals surface area contributed by atoms with E-state index in [2.05, 4.69) is 38.2 Å². The first kappa shape index (κ1) is 46.2. The average molecular weight is 847 g/mol. The van der Waals surface area contributed by atoms with Crippen LogP contribution in [0.25, 0.3) is 22.5 Å². The lowest BCUT2D eigenvalue weighted by Crippen LogP contribution is -2.55. The van der Waals surface area contributed by atoms with Gasteiger partial charge in [-0.2, -0.15) is 5.26 Å². The molecule has 1 aromatic heterocycles. The Bertz CT molecular complexity index is 2310. The number of carbonyl (C=O) groups excluding carboxylic acids is 5. The monoisotopic (exact) mass is 846 g/mol. The lowest BCUT2D eigenvalue weighted by Gasteiger charge is -2.30. The molecule has 1 aliphatic rings. The van der Waals surface area contributed by atoms with Crippen LogP contribution in [0.2, 0.25) is 0 Å². The smallest absolute Gasteiger partial charge is 0.255 e. The van der Waals surface area contributed by atoms with E-state index in [-0.39, 0.29) is 44.8 Å². The molecule has 1 aliphatic heterocycles. The number of nitrogens with zero attached hydrogens (tertiary/aromatic N) is 4. The van der Waals surface area contributed by atoms with E-state index in [1.165, 1.54) is 24.4 Å². The highest BCUT2D eigenvalue weighted by Gasteiger charge is 2.34. The van der Waals surface area contributed by atoms with Crippen molar-refractivity contribution in [2.75, 3.05) is 46.4 Å². The molecule has 5 rings (SSSR count). The number of carbonyl (C=O) groups is 5. The Morgan fingerprint density at radius 1 is 0.887 bits per heavy atom. The average Bonchev–Trinajstić information content (AvgIpc) is 3.25. The minimum Gasteiger partial charge on any atom is -0.492 e. The van der Waals surface area contributed by atoms with Crippen molar-refractivity contribution >= 4 is 29.5 Å². The summed E-state index contributed by atoms with van der Waals surface area (Å²) >= 11 is 0. The maximum absolute atomic E-state index is 14.3. The summed E-state index contributed by atoms with van der Waals surface area (Å²) in [5, 5.41) is 19.7. The first-order valence-electron chi connectivity index (χ1n) is 20.5. The van der Waals surface area contributed by atoms with E-state index in [0.717, 1.165) is 18.4 Å².